The Morgan fingerprint density at radius 2 is 1.95 bits per heavy atom. The van der Waals surface area contributed by atoms with Gasteiger partial charge in [0.1, 0.15) is 6.26 Å². The van der Waals surface area contributed by atoms with Crippen LogP contribution in [0.25, 0.3) is 0 Å². The molecule has 2 aromatic rings. The molecule has 98 valence electrons. The molecule has 0 aliphatic heterocycles. The van der Waals surface area contributed by atoms with Crippen LogP contribution in [0.5, 0.6) is 0 Å². The summed E-state index contributed by atoms with van der Waals surface area (Å²) in [4.78, 5) is 24.1. The number of nitrogens with zero attached hydrogens (tertiary/aromatic N) is 2. The maximum Gasteiger partial charge on any atom is 0.335 e. The van der Waals surface area contributed by atoms with Crippen LogP contribution in [0, 0.1) is 0 Å². The lowest BCUT2D eigenvalue weighted by Crippen LogP contribution is -2.26. The zero-order valence-electron chi connectivity index (χ0n) is 10.2. The summed E-state index contributed by atoms with van der Waals surface area (Å²) < 4.78 is 4.62. The highest BCUT2D eigenvalue weighted by Gasteiger charge is 2.14. The molecule has 19 heavy (non-hydrogen) atoms. The van der Waals surface area contributed by atoms with Gasteiger partial charge in [0, 0.05) is 19.7 Å². The highest BCUT2D eigenvalue weighted by atomic mass is 16.5. The first-order chi connectivity index (χ1) is 9.08. The molecule has 0 aliphatic rings. The zero-order chi connectivity index (χ0) is 13.8. The van der Waals surface area contributed by atoms with Gasteiger partial charge in [-0.2, -0.15) is 0 Å². The summed E-state index contributed by atoms with van der Waals surface area (Å²) in [7, 11) is 1.64. The molecule has 1 aromatic carbocycles. The monoisotopic (exact) mass is 260 g/mol. The van der Waals surface area contributed by atoms with Crippen molar-refractivity contribution in [3.05, 3.63) is 53.4 Å². The molecule has 6 heteroatoms. The molecule has 1 aromatic heterocycles. The fourth-order valence-corrected chi connectivity index (χ4v) is 1.62. The number of aromatic nitrogens is 1. The molecule has 0 aliphatic carbocycles. The summed E-state index contributed by atoms with van der Waals surface area (Å²) in [6, 6.07) is 7.86. The van der Waals surface area contributed by atoms with Gasteiger partial charge >= 0.3 is 5.97 Å². The molecule has 0 bridgehead atoms. The number of amides is 1. The van der Waals surface area contributed by atoms with Crippen LogP contribution in [-0.2, 0) is 6.54 Å². The van der Waals surface area contributed by atoms with Crippen LogP contribution in [-0.4, -0.2) is 34.1 Å². The van der Waals surface area contributed by atoms with E-state index < -0.39 is 5.97 Å². The Morgan fingerprint density at radius 1 is 1.26 bits per heavy atom. The lowest BCUT2D eigenvalue weighted by Gasteiger charge is -2.15. The summed E-state index contributed by atoms with van der Waals surface area (Å²) in [5.41, 5.74) is 1.29. The Morgan fingerprint density at radius 3 is 2.47 bits per heavy atom. The minimum absolute atomic E-state index is 0.217. The standard InChI is InChI=1S/C13H12N2O4/c1-15(12(16)11-6-7-19-14-11)8-9-2-4-10(5-3-9)13(17)18/h2-7H,8H2,1H3,(H,17,18). The predicted octanol–water partition coefficient (Wildman–Crippen LogP) is 1.65. The molecule has 1 N–H and O–H groups in total. The molecule has 2 rings (SSSR count). The maximum atomic E-state index is 11.9. The van der Waals surface area contributed by atoms with Gasteiger partial charge in [0.25, 0.3) is 5.91 Å². The molecule has 1 amide bonds. The van der Waals surface area contributed by atoms with Gasteiger partial charge in [-0.3, -0.25) is 4.79 Å². The van der Waals surface area contributed by atoms with Crippen LogP contribution in [0.15, 0.2) is 41.1 Å². The second-order valence-electron chi connectivity index (χ2n) is 4.05. The summed E-state index contributed by atoms with van der Waals surface area (Å²) in [5.74, 6) is -1.23. The molecular weight excluding hydrogens is 248 g/mol. The van der Waals surface area contributed by atoms with Crippen LogP contribution in [0.4, 0.5) is 0 Å². The van der Waals surface area contributed by atoms with E-state index in [1.165, 1.54) is 29.4 Å². The number of aromatic carboxylic acids is 1. The van der Waals surface area contributed by atoms with Gasteiger partial charge in [-0.25, -0.2) is 4.79 Å². The van der Waals surface area contributed by atoms with E-state index in [1.54, 1.807) is 19.2 Å². The van der Waals surface area contributed by atoms with Gasteiger partial charge in [0.05, 0.1) is 5.56 Å². The van der Waals surface area contributed by atoms with Crippen LogP contribution in [0.3, 0.4) is 0 Å². The normalized spacial score (nSPS) is 10.2. The molecule has 0 radical (unpaired) electrons. The van der Waals surface area contributed by atoms with Crippen molar-refractivity contribution in [2.45, 2.75) is 6.54 Å². The SMILES string of the molecule is CN(Cc1ccc(C(=O)O)cc1)C(=O)c1ccon1. The highest BCUT2D eigenvalue weighted by molar-refractivity contribution is 5.91. The second kappa shape index (κ2) is 5.34. The summed E-state index contributed by atoms with van der Waals surface area (Å²) in [6.07, 6.45) is 1.34. The largest absolute Gasteiger partial charge is 0.478 e. The third-order valence-electron chi connectivity index (χ3n) is 2.62. The first kappa shape index (κ1) is 12.8. The van der Waals surface area contributed by atoms with Gasteiger partial charge in [-0.1, -0.05) is 17.3 Å². The summed E-state index contributed by atoms with van der Waals surface area (Å²) in [5, 5.41) is 12.4. The average Bonchev–Trinajstić information content (AvgIpc) is 2.92. The number of hydrogen-bond donors (Lipinski definition) is 1. The Labute approximate surface area is 109 Å². The first-order valence-corrected chi connectivity index (χ1v) is 5.56. The molecule has 0 saturated heterocycles. The Bertz CT molecular complexity index is 575. The van der Waals surface area contributed by atoms with E-state index in [0.29, 0.717) is 6.54 Å². The van der Waals surface area contributed by atoms with Gasteiger partial charge in [-0.05, 0) is 17.7 Å². The van der Waals surface area contributed by atoms with Gasteiger partial charge < -0.3 is 14.5 Å². The topological polar surface area (TPSA) is 83.6 Å². The smallest absolute Gasteiger partial charge is 0.335 e. The van der Waals surface area contributed by atoms with E-state index in [4.69, 9.17) is 5.11 Å². The van der Waals surface area contributed by atoms with Crippen LogP contribution >= 0.6 is 0 Å². The van der Waals surface area contributed by atoms with Crippen LogP contribution in [0.1, 0.15) is 26.4 Å². The van der Waals surface area contributed by atoms with Crippen LogP contribution < -0.4 is 0 Å². The molecular formula is C13H12N2O4. The third kappa shape index (κ3) is 2.98. The van der Waals surface area contributed by atoms with E-state index in [-0.39, 0.29) is 17.2 Å². The average molecular weight is 260 g/mol. The van der Waals surface area contributed by atoms with Crippen molar-refractivity contribution in [3.8, 4) is 0 Å². The minimum atomic E-state index is -0.974. The number of carbonyl (C=O) groups excluding carboxylic acids is 1. The Balaban J connectivity index is 2.04. The zero-order valence-corrected chi connectivity index (χ0v) is 10.2. The Hall–Kier alpha value is -2.63. The second-order valence-corrected chi connectivity index (χ2v) is 4.05. The van der Waals surface area contributed by atoms with Crippen molar-refractivity contribution in [1.82, 2.24) is 10.1 Å². The van der Waals surface area contributed by atoms with E-state index >= 15 is 0 Å². The Kier molecular flexibility index (Phi) is 3.61. The molecule has 0 spiro atoms. The molecule has 0 atom stereocenters. The van der Waals surface area contributed by atoms with E-state index in [0.717, 1.165) is 5.56 Å². The van der Waals surface area contributed by atoms with E-state index in [2.05, 4.69) is 9.68 Å². The molecule has 1 heterocycles. The van der Waals surface area contributed by atoms with Crippen molar-refractivity contribution in [2.75, 3.05) is 7.05 Å². The fraction of sp³-hybridized carbons (Fsp3) is 0.154. The number of benzene rings is 1. The molecule has 0 saturated carbocycles. The molecule has 0 fully saturated rings. The number of carboxylic acid groups (broad SMARTS) is 1. The minimum Gasteiger partial charge on any atom is -0.478 e. The van der Waals surface area contributed by atoms with Crippen molar-refractivity contribution in [1.29, 1.82) is 0 Å². The lowest BCUT2D eigenvalue weighted by molar-refractivity contribution is 0.0695. The summed E-state index contributed by atoms with van der Waals surface area (Å²) >= 11 is 0. The van der Waals surface area contributed by atoms with Crippen molar-refractivity contribution in [3.63, 3.8) is 0 Å². The highest BCUT2D eigenvalue weighted by Crippen LogP contribution is 2.09. The lowest BCUT2D eigenvalue weighted by atomic mass is 10.1. The van der Waals surface area contributed by atoms with Gasteiger partial charge in [0.2, 0.25) is 0 Å². The quantitative estimate of drug-likeness (QED) is 0.903. The van der Waals surface area contributed by atoms with E-state index in [1.807, 2.05) is 0 Å². The number of carboxylic acids is 1. The first-order valence-electron chi connectivity index (χ1n) is 5.56. The summed E-state index contributed by atoms with van der Waals surface area (Å²) in [6.45, 7) is 0.367. The fourth-order valence-electron chi connectivity index (χ4n) is 1.62. The molecule has 0 unspecified atom stereocenters. The van der Waals surface area contributed by atoms with Crippen molar-refractivity contribution < 1.29 is 19.2 Å². The number of hydrogen-bond acceptors (Lipinski definition) is 4. The van der Waals surface area contributed by atoms with E-state index in [9.17, 15) is 9.59 Å². The van der Waals surface area contributed by atoms with Gasteiger partial charge in [0.15, 0.2) is 5.69 Å². The predicted molar refractivity (Wildman–Crippen MR) is 65.7 cm³/mol. The maximum absolute atomic E-state index is 11.9. The molecule has 6 nitrogen and oxygen atoms in total. The number of rotatable bonds is 4. The third-order valence-corrected chi connectivity index (χ3v) is 2.62. The van der Waals surface area contributed by atoms with Crippen molar-refractivity contribution in [2.24, 2.45) is 0 Å². The van der Waals surface area contributed by atoms with Crippen LogP contribution in [0.2, 0.25) is 0 Å². The van der Waals surface area contributed by atoms with Crippen molar-refractivity contribution >= 4 is 11.9 Å². The van der Waals surface area contributed by atoms with Gasteiger partial charge in [-0.15, -0.1) is 0 Å². The number of carbonyl (C=O) groups is 2.